The summed E-state index contributed by atoms with van der Waals surface area (Å²) in [5.41, 5.74) is 6.65. The first-order valence-corrected chi connectivity index (χ1v) is 10.4. The Morgan fingerprint density at radius 2 is 2.03 bits per heavy atom. The Balaban J connectivity index is 1.37. The number of hydrogen-bond acceptors (Lipinski definition) is 6. The van der Waals surface area contributed by atoms with Gasteiger partial charge < -0.3 is 20.7 Å². The minimum Gasteiger partial charge on any atom is -0.399 e. The maximum absolute atomic E-state index is 13.8. The molecule has 1 saturated carbocycles. The van der Waals surface area contributed by atoms with E-state index in [-0.39, 0.29) is 24.4 Å². The molecule has 1 aromatic carbocycles. The predicted octanol–water partition coefficient (Wildman–Crippen LogP) is 2.27. The summed E-state index contributed by atoms with van der Waals surface area (Å²) in [7, 11) is 0. The first kappa shape index (κ1) is 20.2. The molecule has 3 unspecified atom stereocenters. The van der Waals surface area contributed by atoms with E-state index in [0.29, 0.717) is 30.5 Å². The van der Waals surface area contributed by atoms with Gasteiger partial charge in [0.15, 0.2) is 0 Å². The van der Waals surface area contributed by atoms with E-state index in [1.165, 1.54) is 11.0 Å². The monoisotopic (exact) mass is 435 g/mol. The second kappa shape index (κ2) is 7.44. The normalized spacial score (nSPS) is 26.6. The summed E-state index contributed by atoms with van der Waals surface area (Å²) >= 11 is 0. The summed E-state index contributed by atoms with van der Waals surface area (Å²) in [6.45, 7) is 0.871. The van der Waals surface area contributed by atoms with Crippen molar-refractivity contribution in [2.75, 3.05) is 35.6 Å². The molecule has 1 aromatic heterocycles. The van der Waals surface area contributed by atoms with Crippen LogP contribution in [0.15, 0.2) is 35.1 Å². The molecular weight excluding hydrogens is 411 g/mol. The number of anilines is 3. The van der Waals surface area contributed by atoms with Crippen molar-refractivity contribution in [3.63, 3.8) is 0 Å². The number of hydrogen-bond donors (Lipinski definition) is 2. The second-order valence-electron chi connectivity index (χ2n) is 8.54. The molecule has 0 spiro atoms. The molecule has 3 heterocycles. The van der Waals surface area contributed by atoms with Crippen molar-refractivity contribution in [3.8, 4) is 0 Å². The molecule has 166 valence electrons. The van der Waals surface area contributed by atoms with Gasteiger partial charge in [0.05, 0.1) is 19.3 Å². The highest BCUT2D eigenvalue weighted by molar-refractivity contribution is 5.47. The highest BCUT2D eigenvalue weighted by atomic mass is 19.4. The summed E-state index contributed by atoms with van der Waals surface area (Å²) in [5, 5.41) is 3.10. The number of aromatic nitrogens is 2. The Morgan fingerprint density at radius 3 is 2.68 bits per heavy atom. The fourth-order valence-corrected chi connectivity index (χ4v) is 4.56. The van der Waals surface area contributed by atoms with E-state index < -0.39 is 24.3 Å². The summed E-state index contributed by atoms with van der Waals surface area (Å²) < 4.78 is 48.1. The van der Waals surface area contributed by atoms with E-state index in [4.69, 9.17) is 10.5 Å². The lowest BCUT2D eigenvalue weighted by Crippen LogP contribution is -2.45. The van der Waals surface area contributed by atoms with Crippen molar-refractivity contribution in [3.05, 3.63) is 46.2 Å². The van der Waals surface area contributed by atoms with Crippen LogP contribution in [0.4, 0.5) is 30.6 Å². The van der Waals surface area contributed by atoms with Crippen molar-refractivity contribution >= 4 is 17.5 Å². The molecule has 2 fully saturated rings. The van der Waals surface area contributed by atoms with Gasteiger partial charge in [-0.25, -0.2) is 0 Å². The smallest absolute Gasteiger partial charge is 0.399 e. The molecule has 4 atom stereocenters. The van der Waals surface area contributed by atoms with Gasteiger partial charge in [-0.3, -0.25) is 9.36 Å². The summed E-state index contributed by atoms with van der Waals surface area (Å²) in [4.78, 5) is 18.1. The van der Waals surface area contributed by atoms with E-state index in [0.717, 1.165) is 23.2 Å². The Morgan fingerprint density at radius 1 is 1.26 bits per heavy atom. The number of alkyl halides is 3. The number of benzene rings is 1. The minimum absolute atomic E-state index is 0.0457. The van der Waals surface area contributed by atoms with Crippen LogP contribution < -0.4 is 21.5 Å². The van der Waals surface area contributed by atoms with E-state index in [1.54, 1.807) is 24.3 Å². The van der Waals surface area contributed by atoms with Crippen molar-refractivity contribution in [1.29, 1.82) is 0 Å². The number of halogens is 3. The number of nitrogens with zero attached hydrogens (tertiary/aromatic N) is 3. The maximum atomic E-state index is 13.8. The molecule has 5 rings (SSSR count). The summed E-state index contributed by atoms with van der Waals surface area (Å²) in [6.07, 6.45) is -2.89. The SMILES string of the molecule is Nc1ccc(CCN2c3nc(NC[C@H]4OCC5CC54)cc(=O)n3CC2C(F)(F)F)cc1. The maximum Gasteiger partial charge on any atom is 0.410 e. The quantitative estimate of drug-likeness (QED) is 0.678. The number of nitrogens with one attached hydrogen (secondary N) is 1. The van der Waals surface area contributed by atoms with Crippen LogP contribution in [0.1, 0.15) is 12.0 Å². The molecule has 10 heteroatoms. The molecule has 1 aliphatic carbocycles. The highest BCUT2D eigenvalue weighted by Crippen LogP contribution is 2.48. The number of ether oxygens (including phenoxy) is 1. The molecule has 3 aliphatic rings. The standard InChI is InChI=1S/C21H24F3N5O2/c22-21(23,24)17-10-29-19(30)8-18(26-9-16-15-7-13(15)11-31-16)27-20(29)28(17)6-5-12-1-3-14(25)4-2-12/h1-4,8,13,15-17,26H,5-7,9-11,25H2/t13?,15?,16-,17?/m1/s1. The zero-order valence-electron chi connectivity index (χ0n) is 16.8. The van der Waals surface area contributed by atoms with Gasteiger partial charge in [0, 0.05) is 24.8 Å². The summed E-state index contributed by atoms with van der Waals surface area (Å²) in [6, 6.07) is 6.49. The van der Waals surface area contributed by atoms with Gasteiger partial charge in [-0.1, -0.05) is 12.1 Å². The fourth-order valence-electron chi connectivity index (χ4n) is 4.56. The first-order chi connectivity index (χ1) is 14.8. The molecule has 31 heavy (non-hydrogen) atoms. The Hall–Kier alpha value is -2.75. The Labute approximate surface area is 177 Å². The van der Waals surface area contributed by atoms with Crippen LogP contribution in [0.25, 0.3) is 0 Å². The summed E-state index contributed by atoms with van der Waals surface area (Å²) in [5.74, 6) is 1.49. The van der Waals surface area contributed by atoms with E-state index >= 15 is 0 Å². The zero-order valence-corrected chi connectivity index (χ0v) is 16.8. The Bertz CT molecular complexity index is 1020. The van der Waals surface area contributed by atoms with Crippen LogP contribution in [-0.4, -0.2) is 47.6 Å². The van der Waals surface area contributed by atoms with Gasteiger partial charge in [-0.2, -0.15) is 18.2 Å². The predicted molar refractivity (Wildman–Crippen MR) is 110 cm³/mol. The number of nitrogen functional groups attached to an aromatic ring is 1. The van der Waals surface area contributed by atoms with Crippen LogP contribution in [0, 0.1) is 11.8 Å². The van der Waals surface area contributed by atoms with E-state index in [1.807, 2.05) is 0 Å². The molecule has 0 amide bonds. The molecule has 1 saturated heterocycles. The number of fused-ring (bicyclic) bond motifs is 2. The van der Waals surface area contributed by atoms with E-state index in [2.05, 4.69) is 10.3 Å². The fraction of sp³-hybridized carbons (Fsp3) is 0.524. The van der Waals surface area contributed by atoms with Crippen molar-refractivity contribution < 1.29 is 17.9 Å². The van der Waals surface area contributed by atoms with Gasteiger partial charge in [0.2, 0.25) is 5.95 Å². The molecule has 0 radical (unpaired) electrons. The molecule has 7 nitrogen and oxygen atoms in total. The number of rotatable bonds is 6. The third-order valence-electron chi connectivity index (χ3n) is 6.44. The average molecular weight is 435 g/mol. The molecule has 2 aromatic rings. The average Bonchev–Trinajstić information content (AvgIpc) is 3.22. The first-order valence-electron chi connectivity index (χ1n) is 10.4. The van der Waals surface area contributed by atoms with Crippen molar-refractivity contribution in [2.45, 2.75) is 37.7 Å². The molecule has 2 aliphatic heterocycles. The van der Waals surface area contributed by atoms with Crippen LogP contribution >= 0.6 is 0 Å². The molecule has 0 bridgehead atoms. The highest BCUT2D eigenvalue weighted by Gasteiger charge is 2.50. The van der Waals surface area contributed by atoms with Crippen LogP contribution in [0.2, 0.25) is 0 Å². The minimum atomic E-state index is -4.48. The van der Waals surface area contributed by atoms with Crippen LogP contribution in [0.5, 0.6) is 0 Å². The third-order valence-corrected chi connectivity index (χ3v) is 6.44. The lowest BCUT2D eigenvalue weighted by Gasteiger charge is -2.27. The third kappa shape index (κ3) is 3.96. The van der Waals surface area contributed by atoms with Gasteiger partial charge in [0.25, 0.3) is 5.56 Å². The van der Waals surface area contributed by atoms with Crippen molar-refractivity contribution in [2.24, 2.45) is 11.8 Å². The lowest BCUT2D eigenvalue weighted by molar-refractivity contribution is -0.148. The van der Waals surface area contributed by atoms with E-state index in [9.17, 15) is 18.0 Å². The largest absolute Gasteiger partial charge is 0.410 e. The lowest BCUT2D eigenvalue weighted by atomic mass is 10.1. The molecule has 3 N–H and O–H groups in total. The van der Waals surface area contributed by atoms with Gasteiger partial charge >= 0.3 is 6.18 Å². The van der Waals surface area contributed by atoms with Gasteiger partial charge in [-0.05, 0) is 42.4 Å². The van der Waals surface area contributed by atoms with Crippen molar-refractivity contribution in [1.82, 2.24) is 9.55 Å². The molecular formula is C21H24F3N5O2. The zero-order chi connectivity index (χ0) is 21.8. The topological polar surface area (TPSA) is 85.4 Å². The number of nitrogens with two attached hydrogens (primary N) is 1. The second-order valence-corrected chi connectivity index (χ2v) is 8.54. The van der Waals surface area contributed by atoms with Gasteiger partial charge in [-0.15, -0.1) is 0 Å². The van der Waals surface area contributed by atoms with Gasteiger partial charge in [0.1, 0.15) is 11.9 Å². The van der Waals surface area contributed by atoms with Crippen LogP contribution in [0.3, 0.4) is 0 Å². The Kier molecular flexibility index (Phi) is 4.84. The van der Waals surface area contributed by atoms with Crippen LogP contribution in [-0.2, 0) is 17.7 Å².